The lowest BCUT2D eigenvalue weighted by molar-refractivity contribution is -0.120. The molecular formula is C17H16Cl2N2O3. The molecule has 0 unspecified atom stereocenters. The van der Waals surface area contributed by atoms with Gasteiger partial charge in [0.2, 0.25) is 5.91 Å². The van der Waals surface area contributed by atoms with Crippen molar-refractivity contribution in [2.24, 2.45) is 5.10 Å². The second-order valence-corrected chi connectivity index (χ2v) is 5.72. The van der Waals surface area contributed by atoms with Crippen LogP contribution in [0, 0.1) is 0 Å². The molecule has 0 aromatic heterocycles. The molecule has 7 heteroatoms. The van der Waals surface area contributed by atoms with Crippen LogP contribution < -0.4 is 10.2 Å². The summed E-state index contributed by atoms with van der Waals surface area (Å²) in [6.45, 7) is 2.19. The number of phenols is 1. The van der Waals surface area contributed by atoms with Crippen molar-refractivity contribution in [1.29, 1.82) is 0 Å². The first-order chi connectivity index (χ1) is 11.5. The van der Waals surface area contributed by atoms with Crippen LogP contribution in [0.2, 0.25) is 10.0 Å². The van der Waals surface area contributed by atoms with E-state index in [1.165, 1.54) is 12.3 Å². The smallest absolute Gasteiger partial charge is 0.244 e. The molecule has 0 spiro atoms. The highest BCUT2D eigenvalue weighted by atomic mass is 35.5. The van der Waals surface area contributed by atoms with Crippen molar-refractivity contribution in [1.82, 2.24) is 5.43 Å². The minimum absolute atomic E-state index is 0.123. The molecule has 24 heavy (non-hydrogen) atoms. The average Bonchev–Trinajstić information content (AvgIpc) is 2.54. The van der Waals surface area contributed by atoms with Gasteiger partial charge in [0.25, 0.3) is 0 Å². The van der Waals surface area contributed by atoms with E-state index in [9.17, 15) is 9.90 Å². The molecule has 0 aliphatic heterocycles. The SMILES string of the molecule is CCOc1cc(/C=N/NC(=O)Cc2ccc(Cl)cc2)cc(Cl)c1O. The van der Waals surface area contributed by atoms with Gasteiger partial charge in [-0.15, -0.1) is 0 Å². The highest BCUT2D eigenvalue weighted by molar-refractivity contribution is 6.32. The molecule has 0 heterocycles. The number of benzene rings is 2. The van der Waals surface area contributed by atoms with Crippen molar-refractivity contribution in [2.75, 3.05) is 6.61 Å². The first kappa shape index (κ1) is 18.1. The normalized spacial score (nSPS) is 10.8. The lowest BCUT2D eigenvalue weighted by Crippen LogP contribution is -2.19. The third kappa shape index (κ3) is 5.15. The first-order valence-electron chi connectivity index (χ1n) is 7.21. The number of halogens is 2. The molecule has 5 nitrogen and oxygen atoms in total. The van der Waals surface area contributed by atoms with E-state index < -0.39 is 0 Å². The van der Waals surface area contributed by atoms with Crippen molar-refractivity contribution in [2.45, 2.75) is 13.3 Å². The molecule has 0 radical (unpaired) electrons. The van der Waals surface area contributed by atoms with Crippen molar-refractivity contribution in [3.05, 3.63) is 57.6 Å². The molecule has 0 aliphatic carbocycles. The van der Waals surface area contributed by atoms with E-state index >= 15 is 0 Å². The summed E-state index contributed by atoms with van der Waals surface area (Å²) >= 11 is 11.7. The van der Waals surface area contributed by atoms with Crippen LogP contribution >= 0.6 is 23.2 Å². The molecule has 126 valence electrons. The number of nitrogens with one attached hydrogen (secondary N) is 1. The summed E-state index contributed by atoms with van der Waals surface area (Å²) in [5.74, 6) is -0.120. The van der Waals surface area contributed by atoms with Crippen LogP contribution in [0.1, 0.15) is 18.1 Å². The van der Waals surface area contributed by atoms with E-state index in [1.54, 1.807) is 37.3 Å². The lowest BCUT2D eigenvalue weighted by Gasteiger charge is -2.08. The summed E-state index contributed by atoms with van der Waals surface area (Å²) in [5, 5.41) is 14.4. The van der Waals surface area contributed by atoms with Gasteiger partial charge in [-0.05, 0) is 42.3 Å². The highest BCUT2D eigenvalue weighted by Gasteiger charge is 2.08. The van der Waals surface area contributed by atoms with Crippen molar-refractivity contribution in [3.8, 4) is 11.5 Å². The second kappa shape index (κ2) is 8.57. The number of carbonyl (C=O) groups is 1. The minimum Gasteiger partial charge on any atom is -0.503 e. The summed E-state index contributed by atoms with van der Waals surface area (Å²) in [6.07, 6.45) is 1.61. The van der Waals surface area contributed by atoms with Gasteiger partial charge in [-0.2, -0.15) is 5.10 Å². The number of rotatable bonds is 6. The molecule has 1 amide bonds. The Labute approximate surface area is 149 Å². The van der Waals surface area contributed by atoms with Gasteiger partial charge in [-0.3, -0.25) is 4.79 Å². The maximum Gasteiger partial charge on any atom is 0.244 e. The minimum atomic E-state index is -0.261. The Morgan fingerprint density at radius 1 is 1.29 bits per heavy atom. The van der Waals surface area contributed by atoms with E-state index in [2.05, 4.69) is 10.5 Å². The molecule has 0 bridgehead atoms. The second-order valence-electron chi connectivity index (χ2n) is 4.88. The Hall–Kier alpha value is -2.24. The first-order valence-corrected chi connectivity index (χ1v) is 7.97. The predicted octanol–water partition coefficient (Wildman–Crippen LogP) is 3.79. The Bertz CT molecular complexity index is 746. The van der Waals surface area contributed by atoms with E-state index in [0.717, 1.165) is 5.56 Å². The topological polar surface area (TPSA) is 70.9 Å². The Balaban J connectivity index is 1.98. The molecular weight excluding hydrogens is 351 g/mol. The molecule has 2 rings (SSSR count). The van der Waals surface area contributed by atoms with Crippen LogP contribution in [-0.4, -0.2) is 23.8 Å². The van der Waals surface area contributed by atoms with Gasteiger partial charge in [-0.1, -0.05) is 35.3 Å². The zero-order valence-electron chi connectivity index (χ0n) is 12.9. The van der Waals surface area contributed by atoms with E-state index in [0.29, 0.717) is 17.2 Å². The van der Waals surface area contributed by atoms with E-state index in [4.69, 9.17) is 27.9 Å². The number of nitrogens with zero attached hydrogens (tertiary/aromatic N) is 1. The number of aromatic hydroxyl groups is 1. The van der Waals surface area contributed by atoms with Gasteiger partial charge in [0.15, 0.2) is 11.5 Å². The maximum atomic E-state index is 11.8. The van der Waals surface area contributed by atoms with Crippen molar-refractivity contribution in [3.63, 3.8) is 0 Å². The lowest BCUT2D eigenvalue weighted by atomic mass is 10.1. The number of hydrogen-bond acceptors (Lipinski definition) is 4. The standard InChI is InChI=1S/C17H16Cl2N2O3/c1-2-24-15-8-12(7-14(19)17(15)23)10-20-21-16(22)9-11-3-5-13(18)6-4-11/h3-8,10,23H,2,9H2,1H3,(H,21,22)/b20-10+. The molecule has 2 aromatic carbocycles. The summed E-state index contributed by atoms with van der Waals surface area (Å²) in [6, 6.07) is 10.1. The number of carbonyl (C=O) groups excluding carboxylic acids is 1. The van der Waals surface area contributed by atoms with Crippen LogP contribution in [0.25, 0.3) is 0 Å². The summed E-state index contributed by atoms with van der Waals surface area (Å²) in [5.41, 5.74) is 3.85. The zero-order chi connectivity index (χ0) is 17.5. The van der Waals surface area contributed by atoms with Gasteiger partial charge >= 0.3 is 0 Å². The Kier molecular flexibility index (Phi) is 6.46. The van der Waals surface area contributed by atoms with Gasteiger partial charge < -0.3 is 9.84 Å². The predicted molar refractivity (Wildman–Crippen MR) is 95.2 cm³/mol. The molecule has 2 N–H and O–H groups in total. The number of hydrazone groups is 1. The van der Waals surface area contributed by atoms with E-state index in [-0.39, 0.29) is 28.8 Å². The van der Waals surface area contributed by atoms with Crippen LogP contribution in [-0.2, 0) is 11.2 Å². The molecule has 0 saturated heterocycles. The van der Waals surface area contributed by atoms with Gasteiger partial charge in [0.1, 0.15) is 0 Å². The van der Waals surface area contributed by atoms with Gasteiger partial charge in [0.05, 0.1) is 24.3 Å². The van der Waals surface area contributed by atoms with Crippen LogP contribution in [0.15, 0.2) is 41.5 Å². The maximum absolute atomic E-state index is 11.8. The summed E-state index contributed by atoms with van der Waals surface area (Å²) < 4.78 is 5.28. The fourth-order valence-electron chi connectivity index (χ4n) is 1.94. The van der Waals surface area contributed by atoms with Crippen LogP contribution in [0.3, 0.4) is 0 Å². The molecule has 0 fully saturated rings. The number of amides is 1. The number of ether oxygens (including phenoxy) is 1. The summed E-state index contributed by atoms with van der Waals surface area (Å²) in [4.78, 5) is 11.8. The van der Waals surface area contributed by atoms with Gasteiger partial charge in [0, 0.05) is 5.02 Å². The van der Waals surface area contributed by atoms with E-state index in [1.807, 2.05) is 0 Å². The Morgan fingerprint density at radius 3 is 2.67 bits per heavy atom. The molecule has 0 saturated carbocycles. The molecule has 2 aromatic rings. The Morgan fingerprint density at radius 2 is 2.00 bits per heavy atom. The quantitative estimate of drug-likeness (QED) is 0.603. The fourth-order valence-corrected chi connectivity index (χ4v) is 2.28. The highest BCUT2D eigenvalue weighted by Crippen LogP contribution is 2.34. The monoisotopic (exact) mass is 366 g/mol. The third-order valence-electron chi connectivity index (χ3n) is 3.03. The van der Waals surface area contributed by atoms with Crippen LogP contribution in [0.5, 0.6) is 11.5 Å². The average molecular weight is 367 g/mol. The number of hydrogen-bond donors (Lipinski definition) is 2. The fraction of sp³-hybridized carbons (Fsp3) is 0.176. The van der Waals surface area contributed by atoms with Crippen molar-refractivity contribution >= 4 is 35.3 Å². The van der Waals surface area contributed by atoms with Gasteiger partial charge in [-0.25, -0.2) is 5.43 Å². The molecule has 0 atom stereocenters. The van der Waals surface area contributed by atoms with Crippen molar-refractivity contribution < 1.29 is 14.6 Å². The summed E-state index contributed by atoms with van der Waals surface area (Å²) in [7, 11) is 0. The number of phenolic OH excluding ortho intramolecular Hbond substituents is 1. The zero-order valence-corrected chi connectivity index (χ0v) is 14.4. The largest absolute Gasteiger partial charge is 0.503 e. The molecule has 0 aliphatic rings. The third-order valence-corrected chi connectivity index (χ3v) is 3.57. The van der Waals surface area contributed by atoms with Crippen LogP contribution in [0.4, 0.5) is 0 Å².